The zero-order valence-corrected chi connectivity index (χ0v) is 21.1. The lowest BCUT2D eigenvalue weighted by Gasteiger charge is -2.31. The Hall–Kier alpha value is -3.44. The third-order valence-corrected chi connectivity index (χ3v) is 6.69. The number of unbranched alkanes of at least 4 members (excludes halogenated alkanes) is 1. The molecule has 3 aromatic carbocycles. The van der Waals surface area contributed by atoms with Crippen LogP contribution in [-0.4, -0.2) is 26.9 Å². The average molecular weight is 488 g/mol. The van der Waals surface area contributed by atoms with Gasteiger partial charge in [-0.1, -0.05) is 68.3 Å². The molecule has 0 radical (unpaired) electrons. The lowest BCUT2D eigenvalue weighted by atomic mass is 10.1. The van der Waals surface area contributed by atoms with Crippen LogP contribution in [0.4, 0.5) is 0 Å². The smallest absolute Gasteiger partial charge is 0.266 e. The van der Waals surface area contributed by atoms with Gasteiger partial charge in [-0.05, 0) is 61.7 Å². The van der Waals surface area contributed by atoms with Gasteiger partial charge < -0.3 is 4.90 Å². The van der Waals surface area contributed by atoms with Gasteiger partial charge in [0.15, 0.2) is 0 Å². The maximum absolute atomic E-state index is 13.7. The van der Waals surface area contributed by atoms with Crippen molar-refractivity contribution in [3.63, 3.8) is 0 Å². The van der Waals surface area contributed by atoms with Crippen molar-refractivity contribution in [2.24, 2.45) is 0 Å². The van der Waals surface area contributed by atoms with Gasteiger partial charge in [-0.15, -0.1) is 0 Å². The molecule has 1 aromatic heterocycles. The fourth-order valence-electron chi connectivity index (χ4n) is 4.29. The molecule has 0 saturated carbocycles. The second kappa shape index (κ2) is 10.9. The van der Waals surface area contributed by atoms with Crippen molar-refractivity contribution in [2.75, 3.05) is 6.54 Å². The molecule has 0 aliphatic carbocycles. The summed E-state index contributed by atoms with van der Waals surface area (Å²) in [5, 5.41) is 0.950. The van der Waals surface area contributed by atoms with E-state index in [1.54, 1.807) is 39.8 Å². The molecule has 0 aliphatic rings. The minimum absolute atomic E-state index is 0.151. The number of rotatable bonds is 8. The van der Waals surface area contributed by atoms with Crippen molar-refractivity contribution >= 4 is 28.4 Å². The quantitative estimate of drug-likeness (QED) is 0.281. The molecule has 4 aromatic rings. The van der Waals surface area contributed by atoms with Gasteiger partial charge in [-0.3, -0.25) is 14.2 Å². The molecule has 1 heterocycles. The third kappa shape index (κ3) is 5.01. The molecule has 0 aliphatic heterocycles. The molecule has 0 bridgehead atoms. The molecule has 1 unspecified atom stereocenters. The van der Waals surface area contributed by atoms with E-state index in [1.807, 2.05) is 49.4 Å². The Morgan fingerprint density at radius 2 is 1.69 bits per heavy atom. The maximum atomic E-state index is 13.7. The van der Waals surface area contributed by atoms with E-state index in [2.05, 4.69) is 13.8 Å². The number of para-hydroxylation sites is 1. The summed E-state index contributed by atoms with van der Waals surface area (Å²) in [6.07, 6.45) is 2.66. The molecule has 180 valence electrons. The van der Waals surface area contributed by atoms with Crippen LogP contribution in [0.5, 0.6) is 0 Å². The van der Waals surface area contributed by atoms with Crippen molar-refractivity contribution < 1.29 is 4.79 Å². The Labute approximate surface area is 211 Å². The Balaban J connectivity index is 1.90. The van der Waals surface area contributed by atoms with Crippen LogP contribution in [0.3, 0.4) is 0 Å². The highest BCUT2D eigenvalue weighted by Crippen LogP contribution is 2.27. The highest BCUT2D eigenvalue weighted by molar-refractivity contribution is 6.33. The van der Waals surface area contributed by atoms with Crippen molar-refractivity contribution in [1.82, 2.24) is 14.5 Å². The minimum atomic E-state index is -0.464. The van der Waals surface area contributed by atoms with Gasteiger partial charge in [0.1, 0.15) is 5.82 Å². The zero-order valence-electron chi connectivity index (χ0n) is 20.4. The number of aromatic nitrogens is 2. The lowest BCUT2D eigenvalue weighted by molar-refractivity contribution is 0.0678. The molecule has 4 rings (SSSR count). The normalized spacial score (nSPS) is 12.0. The van der Waals surface area contributed by atoms with E-state index in [9.17, 15) is 9.59 Å². The van der Waals surface area contributed by atoms with E-state index in [-0.39, 0.29) is 11.5 Å². The number of carbonyl (C=O) groups excluding carboxylic acids is 1. The Bertz CT molecular complexity index is 1400. The van der Waals surface area contributed by atoms with Gasteiger partial charge in [0.2, 0.25) is 0 Å². The summed E-state index contributed by atoms with van der Waals surface area (Å²) >= 11 is 6.39. The van der Waals surface area contributed by atoms with Crippen molar-refractivity contribution in [3.8, 4) is 5.69 Å². The number of amides is 1. The van der Waals surface area contributed by atoms with Crippen molar-refractivity contribution in [3.05, 3.63) is 105 Å². The number of fused-ring (bicyclic) bond motifs is 1. The lowest BCUT2D eigenvalue weighted by Crippen LogP contribution is -2.38. The molecule has 0 fully saturated rings. The highest BCUT2D eigenvalue weighted by Gasteiger charge is 2.28. The topological polar surface area (TPSA) is 55.2 Å². The summed E-state index contributed by atoms with van der Waals surface area (Å²) in [6.45, 7) is 6.64. The molecular weight excluding hydrogens is 458 g/mol. The first-order valence-corrected chi connectivity index (χ1v) is 12.5. The van der Waals surface area contributed by atoms with E-state index in [4.69, 9.17) is 16.6 Å². The summed E-state index contributed by atoms with van der Waals surface area (Å²) in [5.41, 5.74) is 2.82. The first-order chi connectivity index (χ1) is 17.0. The van der Waals surface area contributed by atoms with Gasteiger partial charge in [0.25, 0.3) is 11.5 Å². The molecule has 0 spiro atoms. The monoisotopic (exact) mass is 487 g/mol. The molecule has 5 nitrogen and oxygen atoms in total. The SMILES string of the molecule is CCCCN(C(=O)c1ccccc1Cl)C(C)c1nc2ccccc2c(=O)n1-c1ccc(CC)cc1. The standard InChI is InChI=1S/C29H30ClN3O2/c1-4-6-19-32(28(34)23-11-7-9-13-25(23)30)20(3)27-31-26-14-10-8-12-24(26)29(35)33(27)22-17-15-21(5-2)16-18-22/h7-18,20H,4-6,19H2,1-3H3. The van der Waals surface area contributed by atoms with Crippen LogP contribution in [-0.2, 0) is 6.42 Å². The second-order valence-corrected chi connectivity index (χ2v) is 9.06. The molecule has 1 amide bonds. The van der Waals surface area contributed by atoms with Crippen LogP contribution < -0.4 is 5.56 Å². The number of aryl methyl sites for hydroxylation is 1. The van der Waals surface area contributed by atoms with Crippen LogP contribution in [0.1, 0.15) is 61.4 Å². The number of nitrogens with zero attached hydrogens (tertiary/aromatic N) is 3. The van der Waals surface area contributed by atoms with Crippen molar-refractivity contribution in [1.29, 1.82) is 0 Å². The Morgan fingerprint density at radius 1 is 1.00 bits per heavy atom. The maximum Gasteiger partial charge on any atom is 0.266 e. The minimum Gasteiger partial charge on any atom is -0.329 e. The van der Waals surface area contributed by atoms with Gasteiger partial charge in [-0.25, -0.2) is 4.98 Å². The summed E-state index contributed by atoms with van der Waals surface area (Å²) in [7, 11) is 0. The first kappa shape index (κ1) is 24.7. The van der Waals surface area contributed by atoms with E-state index in [1.165, 1.54) is 5.56 Å². The number of benzene rings is 3. The molecule has 0 saturated heterocycles. The summed E-state index contributed by atoms with van der Waals surface area (Å²) in [4.78, 5) is 34.1. The van der Waals surface area contributed by atoms with E-state index >= 15 is 0 Å². The van der Waals surface area contributed by atoms with Gasteiger partial charge >= 0.3 is 0 Å². The predicted octanol–water partition coefficient (Wildman–Crippen LogP) is 6.61. The van der Waals surface area contributed by atoms with Gasteiger partial charge in [0, 0.05) is 6.54 Å². The van der Waals surface area contributed by atoms with Gasteiger partial charge in [0.05, 0.1) is 33.2 Å². The molecular formula is C29H30ClN3O2. The largest absolute Gasteiger partial charge is 0.329 e. The molecule has 1 atom stereocenters. The zero-order chi connectivity index (χ0) is 24.9. The number of halogens is 1. The number of hydrogen-bond acceptors (Lipinski definition) is 3. The third-order valence-electron chi connectivity index (χ3n) is 6.36. The van der Waals surface area contributed by atoms with Crippen LogP contribution in [0.2, 0.25) is 5.02 Å². The van der Waals surface area contributed by atoms with Crippen LogP contribution in [0.25, 0.3) is 16.6 Å². The van der Waals surface area contributed by atoms with Crippen LogP contribution in [0.15, 0.2) is 77.6 Å². The van der Waals surface area contributed by atoms with E-state index in [0.29, 0.717) is 33.9 Å². The first-order valence-electron chi connectivity index (χ1n) is 12.1. The number of carbonyl (C=O) groups is 1. The fourth-order valence-corrected chi connectivity index (χ4v) is 4.51. The summed E-state index contributed by atoms with van der Waals surface area (Å²) in [6, 6.07) is 21.9. The molecule has 0 N–H and O–H groups in total. The Kier molecular flexibility index (Phi) is 7.67. The van der Waals surface area contributed by atoms with Gasteiger partial charge in [-0.2, -0.15) is 0 Å². The summed E-state index contributed by atoms with van der Waals surface area (Å²) in [5.74, 6) is 0.348. The summed E-state index contributed by atoms with van der Waals surface area (Å²) < 4.78 is 1.64. The molecule has 35 heavy (non-hydrogen) atoms. The average Bonchev–Trinajstić information content (AvgIpc) is 2.89. The Morgan fingerprint density at radius 3 is 2.37 bits per heavy atom. The number of hydrogen-bond donors (Lipinski definition) is 0. The van der Waals surface area contributed by atoms with E-state index < -0.39 is 6.04 Å². The van der Waals surface area contributed by atoms with Crippen molar-refractivity contribution in [2.45, 2.75) is 46.1 Å². The molecule has 6 heteroatoms. The highest BCUT2D eigenvalue weighted by atomic mass is 35.5. The van der Waals surface area contributed by atoms with Crippen LogP contribution in [0, 0.1) is 0 Å². The predicted molar refractivity (Wildman–Crippen MR) is 143 cm³/mol. The van der Waals surface area contributed by atoms with E-state index in [0.717, 1.165) is 24.9 Å². The second-order valence-electron chi connectivity index (χ2n) is 8.66. The fraction of sp³-hybridized carbons (Fsp3) is 0.276. The van der Waals surface area contributed by atoms with Crippen LogP contribution >= 0.6 is 11.6 Å².